The van der Waals surface area contributed by atoms with Crippen LogP contribution in [0, 0.1) is 0 Å². The van der Waals surface area contributed by atoms with E-state index >= 15 is 0 Å². The van der Waals surface area contributed by atoms with Crippen molar-refractivity contribution in [2.75, 3.05) is 0 Å². The number of hydrogen-bond donors (Lipinski definition) is 0. The van der Waals surface area contributed by atoms with Crippen LogP contribution in [-0.4, -0.2) is 56.3 Å². The fourth-order valence-electron chi connectivity index (χ4n) is 1.25. The lowest BCUT2D eigenvalue weighted by molar-refractivity contribution is -0.159. The molecule has 0 aromatic heterocycles. The minimum Gasteiger partial charge on any atom is -0.630 e. The van der Waals surface area contributed by atoms with E-state index in [9.17, 15) is 19.2 Å². The first-order chi connectivity index (χ1) is 10.3. The van der Waals surface area contributed by atoms with Crippen molar-refractivity contribution in [3.8, 4) is 0 Å². The largest absolute Gasteiger partial charge is 0.994 e. The summed E-state index contributed by atoms with van der Waals surface area (Å²) in [5, 5.41) is 0. The van der Waals surface area contributed by atoms with Crippen LogP contribution in [0.15, 0.2) is 0 Å². The summed E-state index contributed by atoms with van der Waals surface area (Å²) in [6, 6.07) is 0. The molecule has 8 nitrogen and oxygen atoms in total. The van der Waals surface area contributed by atoms with Crippen LogP contribution in [0.3, 0.4) is 0 Å². The van der Waals surface area contributed by atoms with E-state index < -0.39 is 69.1 Å². The molecular formula is C14H22MgO8. The van der Waals surface area contributed by atoms with E-state index in [1.54, 1.807) is 41.5 Å². The number of carbonyl (C=O) groups is 4. The van der Waals surface area contributed by atoms with Gasteiger partial charge < -0.3 is 15.8 Å². The number of ether oxygens (including phenoxy) is 2. The zero-order valence-electron chi connectivity index (χ0n) is 14.4. The zero-order valence-corrected chi connectivity index (χ0v) is 15.8. The highest BCUT2D eigenvalue weighted by molar-refractivity contribution is 6.27. The Kier molecular flexibility index (Phi) is 8.53. The van der Waals surface area contributed by atoms with Gasteiger partial charge in [0, 0.05) is 0 Å². The lowest BCUT2D eigenvalue weighted by Gasteiger charge is -2.19. The van der Waals surface area contributed by atoms with Crippen LogP contribution in [0.5, 0.6) is 0 Å². The molecule has 0 unspecified atom stereocenters. The molecule has 0 aromatic carbocycles. The fourth-order valence-corrected chi connectivity index (χ4v) is 1.78. The zero-order chi connectivity index (χ0) is 18.3. The maximum Gasteiger partial charge on any atom is 0.994 e. The topological polar surface area (TPSA) is 105 Å². The van der Waals surface area contributed by atoms with Crippen molar-refractivity contribution in [2.24, 2.45) is 0 Å². The van der Waals surface area contributed by atoms with Crippen molar-refractivity contribution in [3.05, 3.63) is 0 Å². The Morgan fingerprint density at radius 2 is 0.957 bits per heavy atom. The van der Waals surface area contributed by atoms with E-state index in [1.807, 2.05) is 0 Å². The second-order valence-corrected chi connectivity index (χ2v) is 7.49. The molecule has 0 N–H and O–H groups in total. The van der Waals surface area contributed by atoms with Gasteiger partial charge in [0.1, 0.15) is 24.0 Å². The minimum absolute atomic E-state index is 0.562. The van der Waals surface area contributed by atoms with E-state index in [0.29, 0.717) is 0 Å². The molecule has 0 aliphatic carbocycles. The summed E-state index contributed by atoms with van der Waals surface area (Å²) in [5.74, 6) is -3.12. The predicted molar refractivity (Wildman–Crippen MR) is 78.9 cm³/mol. The molecule has 0 aromatic rings. The molecule has 0 bridgehead atoms. The first-order valence-corrected chi connectivity index (χ1v) is 8.19. The van der Waals surface area contributed by atoms with Crippen molar-refractivity contribution in [3.63, 3.8) is 0 Å². The van der Waals surface area contributed by atoms with E-state index in [0.717, 1.165) is 0 Å². The van der Waals surface area contributed by atoms with Gasteiger partial charge in [0.2, 0.25) is 0 Å². The molecule has 0 radical (unpaired) electrons. The monoisotopic (exact) mass is 342 g/mol. The highest BCUT2D eigenvalue weighted by atomic mass is 24.5. The second-order valence-electron chi connectivity index (χ2n) is 6.68. The van der Waals surface area contributed by atoms with Gasteiger partial charge in [-0.3, -0.25) is 19.2 Å². The molecule has 0 atom stereocenters. The first-order valence-electron chi connectivity index (χ1n) is 7.03. The molecule has 0 spiro atoms. The fraction of sp³-hybridized carbons (Fsp3) is 0.714. The quantitative estimate of drug-likeness (QED) is 0.401. The molecule has 0 aliphatic heterocycles. The summed E-state index contributed by atoms with van der Waals surface area (Å²) in [6.07, 6.45) is -1.12. The summed E-state index contributed by atoms with van der Waals surface area (Å²) in [5.41, 5.74) is -1.40. The van der Waals surface area contributed by atoms with Gasteiger partial charge in [-0.05, 0) is 41.5 Å². The number of rotatable bonds is 6. The minimum atomic E-state index is -1.97. The first kappa shape index (κ1) is 21.6. The van der Waals surface area contributed by atoms with E-state index in [1.165, 1.54) is 0 Å². The van der Waals surface area contributed by atoms with Gasteiger partial charge in [0.05, 0.1) is 0 Å². The van der Waals surface area contributed by atoms with Crippen LogP contribution >= 0.6 is 0 Å². The van der Waals surface area contributed by atoms with Crippen LogP contribution in [0.2, 0.25) is 0 Å². The van der Waals surface area contributed by atoms with Gasteiger partial charge in [-0.2, -0.15) is 0 Å². The number of hydrogen-bond acceptors (Lipinski definition) is 8. The maximum atomic E-state index is 11.4. The summed E-state index contributed by atoms with van der Waals surface area (Å²) in [6.45, 7) is 10.0. The van der Waals surface area contributed by atoms with E-state index in [2.05, 4.69) is 6.34 Å². The Morgan fingerprint density at radius 1 is 0.652 bits per heavy atom. The normalized spacial score (nSPS) is 11.0. The van der Waals surface area contributed by atoms with Gasteiger partial charge in [-0.1, -0.05) is 0 Å². The molecular weight excluding hydrogens is 320 g/mol. The third-order valence-electron chi connectivity index (χ3n) is 1.86. The molecule has 128 valence electrons. The second kappa shape index (κ2) is 9.07. The van der Waals surface area contributed by atoms with Gasteiger partial charge in [0.25, 0.3) is 11.9 Å². The van der Waals surface area contributed by atoms with Crippen LogP contribution in [-0.2, 0) is 35.0 Å². The predicted octanol–water partition coefficient (Wildman–Crippen LogP) is 1.07. The van der Waals surface area contributed by atoms with Crippen LogP contribution in [0.25, 0.3) is 0 Å². The standard InChI is InChI=1S/2C7H12O4.Mg/c2*1-7(2,3)11-6(10)4-5(8)9;/h2*4H2,1-3H3,(H,8,9);/q;;+2/p-2. The van der Waals surface area contributed by atoms with Crippen molar-refractivity contribution in [1.82, 2.24) is 0 Å². The summed E-state index contributed by atoms with van der Waals surface area (Å²) >= 11 is -1.97. The van der Waals surface area contributed by atoms with Crippen molar-refractivity contribution < 1.29 is 35.0 Å². The van der Waals surface area contributed by atoms with Gasteiger partial charge >= 0.3 is 33.1 Å². The van der Waals surface area contributed by atoms with Crippen LogP contribution < -0.4 is 0 Å². The summed E-state index contributed by atoms with van der Waals surface area (Å²) < 4.78 is 19.3. The van der Waals surface area contributed by atoms with Crippen LogP contribution in [0.4, 0.5) is 0 Å². The highest BCUT2D eigenvalue weighted by Crippen LogP contribution is 2.09. The molecule has 23 heavy (non-hydrogen) atoms. The average Bonchev–Trinajstić information content (AvgIpc) is 2.22. The van der Waals surface area contributed by atoms with Crippen molar-refractivity contribution in [1.29, 1.82) is 0 Å². The molecule has 0 rings (SSSR count). The van der Waals surface area contributed by atoms with Crippen molar-refractivity contribution in [2.45, 2.75) is 65.6 Å². The molecule has 0 saturated heterocycles. The Bertz CT molecular complexity index is 416. The van der Waals surface area contributed by atoms with Gasteiger partial charge in [-0.15, -0.1) is 0 Å². The van der Waals surface area contributed by atoms with Gasteiger partial charge in [-0.25, -0.2) is 0 Å². The SMILES string of the molecule is CC(C)(C)OC(=O)CC(=O)[O][Mg][O]C(=O)CC(=O)OC(C)(C)C. The Morgan fingerprint density at radius 3 is 1.22 bits per heavy atom. The van der Waals surface area contributed by atoms with Crippen molar-refractivity contribution >= 4 is 45.1 Å². The highest BCUT2D eigenvalue weighted by Gasteiger charge is 2.24. The molecule has 0 aliphatic rings. The number of carbonyl (C=O) groups excluding carboxylic acids is 4. The summed E-state index contributed by atoms with van der Waals surface area (Å²) in [4.78, 5) is 45.5. The summed E-state index contributed by atoms with van der Waals surface area (Å²) in [7, 11) is 0. The molecule has 9 heteroatoms. The van der Waals surface area contributed by atoms with E-state index in [4.69, 9.17) is 9.47 Å². The van der Waals surface area contributed by atoms with Gasteiger partial charge in [0.15, 0.2) is 0 Å². The average molecular weight is 343 g/mol. The molecule has 0 amide bonds. The van der Waals surface area contributed by atoms with E-state index in [-0.39, 0.29) is 0 Å². The third kappa shape index (κ3) is 14.0. The Labute approximate surface area is 145 Å². The third-order valence-corrected chi connectivity index (χ3v) is 2.74. The maximum absolute atomic E-state index is 11.4. The number of esters is 2. The smallest absolute Gasteiger partial charge is 0.630 e. The van der Waals surface area contributed by atoms with Crippen LogP contribution in [0.1, 0.15) is 54.4 Å². The lowest BCUT2D eigenvalue weighted by atomic mass is 10.2. The molecule has 0 fully saturated rings. The Hall–Kier alpha value is -1.35. The lowest BCUT2D eigenvalue weighted by Crippen LogP contribution is -2.27. The molecule has 0 heterocycles. The Balaban J connectivity index is 3.98. The molecule has 0 saturated carbocycles.